The minimum Gasteiger partial charge on any atom is -0.371 e. The van der Waals surface area contributed by atoms with Gasteiger partial charge in [-0.3, -0.25) is 4.57 Å². The summed E-state index contributed by atoms with van der Waals surface area (Å²) in [4.78, 5) is 4.13. The summed E-state index contributed by atoms with van der Waals surface area (Å²) in [5.41, 5.74) is 1.01. The van der Waals surface area contributed by atoms with E-state index in [0.717, 1.165) is 5.69 Å². The SMILES string of the molecule is CNc1ncn(-c2ccccc2)c1Cl. The zero-order chi connectivity index (χ0) is 9.97. The van der Waals surface area contributed by atoms with Crippen molar-refractivity contribution in [2.75, 3.05) is 12.4 Å². The van der Waals surface area contributed by atoms with Gasteiger partial charge in [0.15, 0.2) is 11.0 Å². The van der Waals surface area contributed by atoms with E-state index >= 15 is 0 Å². The molecule has 1 heterocycles. The normalized spacial score (nSPS) is 10.1. The van der Waals surface area contributed by atoms with Crippen LogP contribution in [-0.2, 0) is 0 Å². The van der Waals surface area contributed by atoms with Crippen LogP contribution in [0.5, 0.6) is 0 Å². The third-order valence-electron chi connectivity index (χ3n) is 1.98. The minimum absolute atomic E-state index is 0.596. The maximum Gasteiger partial charge on any atom is 0.163 e. The van der Waals surface area contributed by atoms with Gasteiger partial charge in [0.05, 0.1) is 0 Å². The first-order valence-corrected chi connectivity index (χ1v) is 4.66. The first-order chi connectivity index (χ1) is 6.83. The predicted molar refractivity (Wildman–Crippen MR) is 58.1 cm³/mol. The molecule has 0 aliphatic heterocycles. The molecule has 0 aliphatic rings. The lowest BCUT2D eigenvalue weighted by Crippen LogP contribution is -1.92. The van der Waals surface area contributed by atoms with Gasteiger partial charge >= 0.3 is 0 Å². The van der Waals surface area contributed by atoms with Crippen molar-refractivity contribution >= 4 is 17.4 Å². The molecule has 0 saturated heterocycles. The molecule has 2 rings (SSSR count). The molecule has 0 atom stereocenters. The summed E-state index contributed by atoms with van der Waals surface area (Å²) in [6.07, 6.45) is 1.70. The largest absolute Gasteiger partial charge is 0.371 e. The van der Waals surface area contributed by atoms with Crippen LogP contribution >= 0.6 is 11.6 Å². The van der Waals surface area contributed by atoms with Gasteiger partial charge in [0.25, 0.3) is 0 Å². The summed E-state index contributed by atoms with van der Waals surface area (Å²) in [5.74, 6) is 0.690. The Labute approximate surface area is 87.3 Å². The minimum atomic E-state index is 0.596. The molecule has 1 aromatic carbocycles. The van der Waals surface area contributed by atoms with Gasteiger partial charge in [0.1, 0.15) is 6.33 Å². The van der Waals surface area contributed by atoms with Crippen LogP contribution < -0.4 is 5.32 Å². The van der Waals surface area contributed by atoms with Crippen LogP contribution in [0.3, 0.4) is 0 Å². The number of nitrogens with zero attached hydrogens (tertiary/aromatic N) is 2. The van der Waals surface area contributed by atoms with E-state index in [-0.39, 0.29) is 0 Å². The van der Waals surface area contributed by atoms with Crippen molar-refractivity contribution in [1.82, 2.24) is 9.55 Å². The number of hydrogen-bond acceptors (Lipinski definition) is 2. The van der Waals surface area contributed by atoms with Gasteiger partial charge < -0.3 is 5.32 Å². The molecule has 0 radical (unpaired) electrons. The van der Waals surface area contributed by atoms with Crippen molar-refractivity contribution in [3.63, 3.8) is 0 Å². The molecule has 2 aromatic rings. The van der Waals surface area contributed by atoms with Gasteiger partial charge in [-0.05, 0) is 12.1 Å². The molecule has 4 heteroatoms. The van der Waals surface area contributed by atoms with Crippen LogP contribution in [0.4, 0.5) is 5.82 Å². The van der Waals surface area contributed by atoms with Crippen molar-refractivity contribution in [2.24, 2.45) is 0 Å². The highest BCUT2D eigenvalue weighted by molar-refractivity contribution is 6.32. The van der Waals surface area contributed by atoms with E-state index in [0.29, 0.717) is 11.0 Å². The standard InChI is InChI=1S/C10H10ClN3/c1-12-10-9(11)14(7-13-10)8-5-3-2-4-6-8/h2-7,12H,1H3. The molecule has 72 valence electrons. The summed E-state index contributed by atoms with van der Waals surface area (Å²) < 4.78 is 1.83. The third kappa shape index (κ3) is 1.46. The average Bonchev–Trinajstić information content (AvgIpc) is 2.61. The number of halogens is 1. The van der Waals surface area contributed by atoms with Gasteiger partial charge in [-0.25, -0.2) is 4.98 Å². The highest BCUT2D eigenvalue weighted by Gasteiger charge is 2.07. The monoisotopic (exact) mass is 207 g/mol. The van der Waals surface area contributed by atoms with E-state index < -0.39 is 0 Å². The van der Waals surface area contributed by atoms with Gasteiger partial charge in [-0.15, -0.1) is 0 Å². The average molecular weight is 208 g/mol. The highest BCUT2D eigenvalue weighted by atomic mass is 35.5. The molecule has 1 N–H and O–H groups in total. The molecule has 0 fully saturated rings. The van der Waals surface area contributed by atoms with Crippen molar-refractivity contribution in [2.45, 2.75) is 0 Å². The maximum atomic E-state index is 6.10. The summed E-state index contributed by atoms with van der Waals surface area (Å²) in [6, 6.07) is 9.85. The van der Waals surface area contributed by atoms with Gasteiger partial charge in [-0.2, -0.15) is 0 Å². The molecule has 0 saturated carbocycles. The number of benzene rings is 1. The fourth-order valence-corrected chi connectivity index (χ4v) is 1.55. The Morgan fingerprint density at radius 1 is 1.29 bits per heavy atom. The molecule has 0 amide bonds. The summed E-state index contributed by atoms with van der Waals surface area (Å²) >= 11 is 6.10. The first kappa shape index (κ1) is 9.09. The summed E-state index contributed by atoms with van der Waals surface area (Å²) in [5, 5.41) is 3.52. The molecule has 1 aromatic heterocycles. The van der Waals surface area contributed by atoms with Crippen molar-refractivity contribution in [3.05, 3.63) is 41.8 Å². The molecular formula is C10H10ClN3. The van der Waals surface area contributed by atoms with Crippen molar-refractivity contribution in [3.8, 4) is 5.69 Å². The van der Waals surface area contributed by atoms with Crippen LogP contribution in [0.15, 0.2) is 36.7 Å². The van der Waals surface area contributed by atoms with Crippen molar-refractivity contribution in [1.29, 1.82) is 0 Å². The summed E-state index contributed by atoms with van der Waals surface area (Å²) in [6.45, 7) is 0. The number of nitrogens with one attached hydrogen (secondary N) is 1. The second-order valence-electron chi connectivity index (χ2n) is 2.84. The number of hydrogen-bond donors (Lipinski definition) is 1. The van der Waals surface area contributed by atoms with Crippen LogP contribution in [0.1, 0.15) is 0 Å². The molecule has 0 aliphatic carbocycles. The molecule has 0 spiro atoms. The second-order valence-corrected chi connectivity index (χ2v) is 3.20. The lowest BCUT2D eigenvalue weighted by atomic mass is 10.3. The smallest absolute Gasteiger partial charge is 0.163 e. The Kier molecular flexibility index (Phi) is 2.41. The topological polar surface area (TPSA) is 29.9 Å². The maximum absolute atomic E-state index is 6.10. The molecule has 14 heavy (non-hydrogen) atoms. The van der Waals surface area contributed by atoms with Crippen LogP contribution in [0, 0.1) is 0 Å². The fraction of sp³-hybridized carbons (Fsp3) is 0.100. The third-order valence-corrected chi connectivity index (χ3v) is 2.34. The number of imidazole rings is 1. The Morgan fingerprint density at radius 2 is 2.00 bits per heavy atom. The molecule has 0 bridgehead atoms. The van der Waals surface area contributed by atoms with Crippen LogP contribution in [0.25, 0.3) is 5.69 Å². The van der Waals surface area contributed by atoms with Crippen LogP contribution in [-0.4, -0.2) is 16.6 Å². The van der Waals surface area contributed by atoms with E-state index in [1.807, 2.05) is 34.9 Å². The van der Waals surface area contributed by atoms with Gasteiger partial charge in [0, 0.05) is 12.7 Å². The zero-order valence-corrected chi connectivity index (χ0v) is 8.49. The quantitative estimate of drug-likeness (QED) is 0.821. The molecular weight excluding hydrogens is 198 g/mol. The number of rotatable bonds is 2. The van der Waals surface area contributed by atoms with Gasteiger partial charge in [-0.1, -0.05) is 29.8 Å². The Balaban J connectivity index is 2.48. The second kappa shape index (κ2) is 3.72. The molecule has 0 unspecified atom stereocenters. The lowest BCUT2D eigenvalue weighted by molar-refractivity contribution is 1.06. The van der Waals surface area contributed by atoms with E-state index in [4.69, 9.17) is 11.6 Å². The van der Waals surface area contributed by atoms with Crippen molar-refractivity contribution < 1.29 is 0 Å². The predicted octanol–water partition coefficient (Wildman–Crippen LogP) is 2.57. The van der Waals surface area contributed by atoms with Crippen LogP contribution in [0.2, 0.25) is 5.15 Å². The number of aromatic nitrogens is 2. The van der Waals surface area contributed by atoms with E-state index in [9.17, 15) is 0 Å². The lowest BCUT2D eigenvalue weighted by Gasteiger charge is -2.03. The Hall–Kier alpha value is -1.48. The first-order valence-electron chi connectivity index (χ1n) is 4.29. The summed E-state index contributed by atoms with van der Waals surface area (Å²) in [7, 11) is 1.80. The zero-order valence-electron chi connectivity index (χ0n) is 7.74. The Bertz CT molecular complexity index is 422. The highest BCUT2D eigenvalue weighted by Crippen LogP contribution is 2.22. The van der Waals surface area contributed by atoms with E-state index in [1.165, 1.54) is 0 Å². The van der Waals surface area contributed by atoms with E-state index in [2.05, 4.69) is 10.3 Å². The van der Waals surface area contributed by atoms with E-state index in [1.54, 1.807) is 13.4 Å². The fourth-order valence-electron chi connectivity index (χ4n) is 1.27. The number of para-hydroxylation sites is 1. The molecule has 3 nitrogen and oxygen atoms in total. The Morgan fingerprint density at radius 3 is 2.57 bits per heavy atom. The van der Waals surface area contributed by atoms with Gasteiger partial charge in [0.2, 0.25) is 0 Å². The number of anilines is 1.